The molecule has 1 aliphatic rings. The molecule has 8 nitrogen and oxygen atoms in total. The first kappa shape index (κ1) is 20.6. The van der Waals surface area contributed by atoms with E-state index in [1.54, 1.807) is 16.8 Å². The van der Waals surface area contributed by atoms with Crippen molar-refractivity contribution in [1.82, 2.24) is 29.5 Å². The molecule has 34 heavy (non-hydrogen) atoms. The third kappa shape index (κ3) is 3.35. The van der Waals surface area contributed by atoms with Crippen LogP contribution < -0.4 is 5.32 Å². The number of hydrogen-bond acceptors (Lipinski definition) is 6. The topological polar surface area (TPSA) is 104 Å². The van der Waals surface area contributed by atoms with Crippen LogP contribution in [-0.4, -0.2) is 40.7 Å². The monoisotopic (exact) mass is 457 g/mol. The summed E-state index contributed by atoms with van der Waals surface area (Å²) in [6, 6.07) is 7.10. The lowest BCUT2D eigenvalue weighted by atomic mass is 9.91. The van der Waals surface area contributed by atoms with Gasteiger partial charge in [-0.3, -0.25) is 4.98 Å². The molecule has 4 aromatic heterocycles. The molecule has 0 saturated carbocycles. The summed E-state index contributed by atoms with van der Waals surface area (Å²) in [6.07, 6.45) is 7.06. The number of aromatic nitrogens is 6. The second-order valence-electron chi connectivity index (χ2n) is 9.12. The first-order chi connectivity index (χ1) is 16.5. The standard InChI is InChI=1S/C25H24FN7O/c1-13(2)19-12-28-33-24(19)31-23(14-8-15(26)11-27-10-14)32-25(33)29-16-6-7-20-18(9-16)17-4-3-5-21(34)22(17)30-20/h3-5,8,10-13,16,30,34H,6-7,9H2,1-2H3,(H,29,31,32)/t16-/m0/s1. The number of hydrogen-bond donors (Lipinski definition) is 3. The SMILES string of the molecule is CC(C)c1cnn2c(N[C@H]3CCc4[nH]c5c(O)cccc5c4C3)nc(-c3cncc(F)c3)nc12. The summed E-state index contributed by atoms with van der Waals surface area (Å²) in [5.41, 5.74) is 5.36. The average molecular weight is 458 g/mol. The van der Waals surface area contributed by atoms with Crippen molar-refractivity contribution in [1.29, 1.82) is 0 Å². The predicted molar refractivity (Wildman–Crippen MR) is 127 cm³/mol. The predicted octanol–water partition coefficient (Wildman–Crippen LogP) is 4.61. The number of H-pyrrole nitrogens is 1. The molecule has 1 aliphatic carbocycles. The number of aryl methyl sites for hydroxylation is 1. The lowest BCUT2D eigenvalue weighted by molar-refractivity contribution is 0.480. The van der Waals surface area contributed by atoms with Crippen LogP contribution in [0.4, 0.5) is 10.3 Å². The van der Waals surface area contributed by atoms with Crippen LogP contribution in [0.2, 0.25) is 0 Å². The van der Waals surface area contributed by atoms with Crippen molar-refractivity contribution in [3.63, 3.8) is 0 Å². The summed E-state index contributed by atoms with van der Waals surface area (Å²) in [5, 5.41) is 19.4. The quantitative estimate of drug-likeness (QED) is 0.364. The van der Waals surface area contributed by atoms with Gasteiger partial charge >= 0.3 is 0 Å². The van der Waals surface area contributed by atoms with Crippen molar-refractivity contribution in [3.05, 3.63) is 65.5 Å². The second kappa shape index (κ2) is 7.79. The molecule has 0 aliphatic heterocycles. The zero-order valence-corrected chi connectivity index (χ0v) is 18.9. The molecule has 9 heteroatoms. The molecule has 3 N–H and O–H groups in total. The van der Waals surface area contributed by atoms with Crippen LogP contribution in [0.15, 0.2) is 42.9 Å². The molecule has 4 heterocycles. The van der Waals surface area contributed by atoms with Crippen LogP contribution in [-0.2, 0) is 12.8 Å². The van der Waals surface area contributed by atoms with Crippen LogP contribution in [0.5, 0.6) is 5.75 Å². The summed E-state index contributed by atoms with van der Waals surface area (Å²) in [5.74, 6) is 1.01. The molecule has 1 atom stereocenters. The molecular formula is C25H24FN7O. The highest BCUT2D eigenvalue weighted by Crippen LogP contribution is 2.34. The van der Waals surface area contributed by atoms with Gasteiger partial charge in [-0.1, -0.05) is 26.0 Å². The Balaban J connectivity index is 1.41. The number of fused-ring (bicyclic) bond motifs is 4. The minimum absolute atomic E-state index is 0.108. The molecular weight excluding hydrogens is 433 g/mol. The average Bonchev–Trinajstić information content (AvgIpc) is 3.42. The molecule has 0 saturated heterocycles. The van der Waals surface area contributed by atoms with E-state index in [9.17, 15) is 9.50 Å². The molecule has 0 radical (unpaired) electrons. The van der Waals surface area contributed by atoms with E-state index in [0.29, 0.717) is 23.0 Å². The van der Waals surface area contributed by atoms with Crippen molar-refractivity contribution in [2.45, 2.75) is 45.1 Å². The number of nitrogens with one attached hydrogen (secondary N) is 2. The van der Waals surface area contributed by atoms with Crippen molar-refractivity contribution >= 4 is 22.5 Å². The van der Waals surface area contributed by atoms with Gasteiger partial charge in [-0.2, -0.15) is 14.6 Å². The Morgan fingerprint density at radius 2 is 2.09 bits per heavy atom. The Morgan fingerprint density at radius 3 is 2.91 bits per heavy atom. The zero-order chi connectivity index (χ0) is 23.4. The van der Waals surface area contributed by atoms with Gasteiger partial charge in [-0.25, -0.2) is 9.37 Å². The van der Waals surface area contributed by atoms with E-state index in [1.165, 1.54) is 11.6 Å². The van der Waals surface area contributed by atoms with E-state index in [0.717, 1.165) is 47.6 Å². The van der Waals surface area contributed by atoms with Gasteiger partial charge in [-0.15, -0.1) is 0 Å². The second-order valence-corrected chi connectivity index (χ2v) is 9.12. The summed E-state index contributed by atoms with van der Waals surface area (Å²) in [4.78, 5) is 16.8. The number of halogens is 1. The Hall–Kier alpha value is -4.01. The molecule has 1 aromatic carbocycles. The molecule has 0 fully saturated rings. The number of pyridine rings is 1. The van der Waals surface area contributed by atoms with E-state index in [2.05, 4.69) is 34.2 Å². The molecule has 5 aromatic rings. The molecule has 6 rings (SSSR count). The summed E-state index contributed by atoms with van der Waals surface area (Å²) >= 11 is 0. The van der Waals surface area contributed by atoms with Crippen LogP contribution in [0, 0.1) is 5.82 Å². The Bertz CT molecular complexity index is 1540. The molecule has 0 amide bonds. The Kier molecular flexibility index (Phi) is 4.72. The highest BCUT2D eigenvalue weighted by Gasteiger charge is 2.25. The van der Waals surface area contributed by atoms with Crippen molar-refractivity contribution in [3.8, 4) is 17.1 Å². The molecule has 0 bridgehead atoms. The van der Waals surface area contributed by atoms with Crippen LogP contribution >= 0.6 is 0 Å². The van der Waals surface area contributed by atoms with E-state index in [4.69, 9.17) is 9.97 Å². The van der Waals surface area contributed by atoms with Crippen LogP contribution in [0.1, 0.15) is 43.0 Å². The number of anilines is 1. The highest BCUT2D eigenvalue weighted by atomic mass is 19.1. The number of benzene rings is 1. The van der Waals surface area contributed by atoms with E-state index >= 15 is 0 Å². The number of nitrogens with zero attached hydrogens (tertiary/aromatic N) is 5. The number of aromatic hydroxyl groups is 1. The Morgan fingerprint density at radius 1 is 1.21 bits per heavy atom. The van der Waals surface area contributed by atoms with Gasteiger partial charge < -0.3 is 15.4 Å². The Labute approximate surface area is 194 Å². The highest BCUT2D eigenvalue weighted by molar-refractivity contribution is 5.89. The zero-order valence-electron chi connectivity index (χ0n) is 18.9. The van der Waals surface area contributed by atoms with E-state index in [-0.39, 0.29) is 17.7 Å². The van der Waals surface area contributed by atoms with Gasteiger partial charge in [0.15, 0.2) is 11.5 Å². The number of para-hydroxylation sites is 1. The van der Waals surface area contributed by atoms with Crippen molar-refractivity contribution < 1.29 is 9.50 Å². The number of phenols is 1. The summed E-state index contributed by atoms with van der Waals surface area (Å²) in [6.45, 7) is 4.18. The van der Waals surface area contributed by atoms with Crippen LogP contribution in [0.3, 0.4) is 0 Å². The van der Waals surface area contributed by atoms with E-state index in [1.807, 2.05) is 18.3 Å². The fraction of sp³-hybridized carbons (Fsp3) is 0.280. The lowest BCUT2D eigenvalue weighted by Gasteiger charge is -2.24. The van der Waals surface area contributed by atoms with Crippen molar-refractivity contribution in [2.24, 2.45) is 0 Å². The minimum Gasteiger partial charge on any atom is -0.506 e. The smallest absolute Gasteiger partial charge is 0.228 e. The summed E-state index contributed by atoms with van der Waals surface area (Å²) < 4.78 is 15.6. The molecule has 0 spiro atoms. The maximum absolute atomic E-state index is 13.9. The lowest BCUT2D eigenvalue weighted by Crippen LogP contribution is -2.29. The maximum atomic E-state index is 13.9. The van der Waals surface area contributed by atoms with Gasteiger partial charge in [0.25, 0.3) is 0 Å². The van der Waals surface area contributed by atoms with Gasteiger partial charge in [-0.05, 0) is 42.9 Å². The fourth-order valence-corrected chi connectivity index (χ4v) is 4.79. The minimum atomic E-state index is -0.435. The van der Waals surface area contributed by atoms with Gasteiger partial charge in [0, 0.05) is 34.4 Å². The van der Waals surface area contributed by atoms with Crippen molar-refractivity contribution in [2.75, 3.05) is 5.32 Å². The van der Waals surface area contributed by atoms with Crippen LogP contribution in [0.25, 0.3) is 27.9 Å². The van der Waals surface area contributed by atoms with E-state index < -0.39 is 5.82 Å². The maximum Gasteiger partial charge on any atom is 0.228 e. The van der Waals surface area contributed by atoms with Gasteiger partial charge in [0.2, 0.25) is 5.95 Å². The number of aromatic amines is 1. The molecule has 0 unspecified atom stereocenters. The first-order valence-electron chi connectivity index (χ1n) is 11.4. The number of phenolic OH excluding ortho intramolecular Hbond substituents is 1. The van der Waals surface area contributed by atoms with Gasteiger partial charge in [0.1, 0.15) is 11.6 Å². The number of rotatable bonds is 4. The third-order valence-corrected chi connectivity index (χ3v) is 6.51. The molecule has 172 valence electrons. The third-order valence-electron chi connectivity index (χ3n) is 6.51. The van der Waals surface area contributed by atoms with Gasteiger partial charge in [0.05, 0.1) is 17.9 Å². The fourth-order valence-electron chi connectivity index (χ4n) is 4.79. The first-order valence-corrected chi connectivity index (χ1v) is 11.4. The largest absolute Gasteiger partial charge is 0.506 e. The summed E-state index contributed by atoms with van der Waals surface area (Å²) in [7, 11) is 0. The normalized spacial score (nSPS) is 15.8.